The molecule has 1 aromatic rings. The van der Waals surface area contributed by atoms with E-state index in [1.165, 1.54) is 25.3 Å². The molecule has 0 aliphatic heterocycles. The van der Waals surface area contributed by atoms with Gasteiger partial charge in [-0.25, -0.2) is 0 Å². The van der Waals surface area contributed by atoms with Crippen LogP contribution in [0.25, 0.3) is 0 Å². The average Bonchev–Trinajstić information content (AvgIpc) is 2.44. The minimum absolute atomic E-state index is 0.0471. The standard InChI is InChI=1S/C13H14ClNO6/c1-19-4-5-20-13-10(16)7-12(13)21-11-3-2-8(15(17)18)6-9(11)14/h2-3,6,12-13H,4-5,7H2,1H3. The molecule has 1 aliphatic carbocycles. The molecule has 1 saturated carbocycles. The van der Waals surface area contributed by atoms with Crippen LogP contribution >= 0.6 is 11.6 Å². The van der Waals surface area contributed by atoms with Gasteiger partial charge in [0.2, 0.25) is 0 Å². The minimum Gasteiger partial charge on any atom is -0.485 e. The van der Waals surface area contributed by atoms with Crippen LogP contribution in [0.3, 0.4) is 0 Å². The first kappa shape index (κ1) is 15.7. The summed E-state index contributed by atoms with van der Waals surface area (Å²) in [5.74, 6) is 0.245. The lowest BCUT2D eigenvalue weighted by Gasteiger charge is -2.34. The molecular formula is C13H14ClNO6. The molecule has 2 unspecified atom stereocenters. The largest absolute Gasteiger partial charge is 0.485 e. The summed E-state index contributed by atoms with van der Waals surface area (Å²) in [4.78, 5) is 21.6. The van der Waals surface area contributed by atoms with Gasteiger partial charge in [-0.1, -0.05) is 11.6 Å². The molecule has 0 saturated heterocycles. The van der Waals surface area contributed by atoms with Crippen molar-refractivity contribution < 1.29 is 23.9 Å². The number of Topliss-reactive ketones (excluding diaryl/α,β-unsaturated/α-hetero) is 1. The molecule has 1 aliphatic rings. The molecule has 0 amide bonds. The quantitative estimate of drug-likeness (QED) is 0.434. The van der Waals surface area contributed by atoms with Crippen LogP contribution < -0.4 is 4.74 Å². The Kier molecular flexibility index (Phi) is 5.11. The number of nitro benzene ring substituents is 1. The van der Waals surface area contributed by atoms with E-state index in [-0.39, 0.29) is 22.9 Å². The van der Waals surface area contributed by atoms with Gasteiger partial charge < -0.3 is 14.2 Å². The third-order valence-electron chi connectivity index (χ3n) is 3.05. The van der Waals surface area contributed by atoms with Gasteiger partial charge in [0, 0.05) is 25.7 Å². The molecule has 0 spiro atoms. The molecular weight excluding hydrogens is 302 g/mol. The van der Waals surface area contributed by atoms with Gasteiger partial charge in [0.05, 0.1) is 23.2 Å². The summed E-state index contributed by atoms with van der Waals surface area (Å²) in [7, 11) is 1.54. The number of hydrogen-bond acceptors (Lipinski definition) is 6. The topological polar surface area (TPSA) is 87.9 Å². The Morgan fingerprint density at radius 3 is 2.76 bits per heavy atom. The highest BCUT2D eigenvalue weighted by Crippen LogP contribution is 2.33. The molecule has 1 aromatic carbocycles. The third kappa shape index (κ3) is 3.69. The van der Waals surface area contributed by atoms with E-state index in [9.17, 15) is 14.9 Å². The molecule has 0 aromatic heterocycles. The van der Waals surface area contributed by atoms with Crippen LogP contribution in [0, 0.1) is 10.1 Å². The van der Waals surface area contributed by atoms with Gasteiger partial charge in [-0.05, 0) is 6.07 Å². The highest BCUT2D eigenvalue weighted by Gasteiger charge is 2.43. The number of nitrogens with zero attached hydrogens (tertiary/aromatic N) is 1. The van der Waals surface area contributed by atoms with Crippen molar-refractivity contribution in [2.75, 3.05) is 20.3 Å². The lowest BCUT2D eigenvalue weighted by atomic mass is 9.90. The zero-order valence-electron chi connectivity index (χ0n) is 11.3. The van der Waals surface area contributed by atoms with Crippen molar-refractivity contribution in [3.63, 3.8) is 0 Å². The minimum atomic E-state index is -0.647. The van der Waals surface area contributed by atoms with Crippen molar-refractivity contribution in [2.24, 2.45) is 0 Å². The van der Waals surface area contributed by atoms with Crippen LogP contribution in [0.2, 0.25) is 5.02 Å². The molecule has 8 heteroatoms. The van der Waals surface area contributed by atoms with Gasteiger partial charge in [-0.3, -0.25) is 14.9 Å². The number of benzene rings is 1. The van der Waals surface area contributed by atoms with Gasteiger partial charge >= 0.3 is 0 Å². The summed E-state index contributed by atoms with van der Waals surface area (Å²) in [5, 5.41) is 10.7. The summed E-state index contributed by atoms with van der Waals surface area (Å²) in [6.45, 7) is 0.676. The molecule has 21 heavy (non-hydrogen) atoms. The zero-order chi connectivity index (χ0) is 15.4. The molecule has 7 nitrogen and oxygen atoms in total. The molecule has 0 N–H and O–H groups in total. The SMILES string of the molecule is COCCOC1C(=O)CC1Oc1ccc([N+](=O)[O-])cc1Cl. The van der Waals surface area contributed by atoms with E-state index in [0.717, 1.165) is 0 Å². The Labute approximate surface area is 125 Å². The fourth-order valence-corrected chi connectivity index (χ4v) is 2.11. The van der Waals surface area contributed by atoms with E-state index in [1.807, 2.05) is 0 Å². The Hall–Kier alpha value is -1.70. The second-order valence-electron chi connectivity index (χ2n) is 4.48. The molecule has 2 rings (SSSR count). The summed E-state index contributed by atoms with van der Waals surface area (Å²) < 4.78 is 15.8. The van der Waals surface area contributed by atoms with Crippen molar-refractivity contribution in [1.82, 2.24) is 0 Å². The first-order valence-electron chi connectivity index (χ1n) is 6.26. The van der Waals surface area contributed by atoms with Gasteiger partial charge in [-0.2, -0.15) is 0 Å². The van der Waals surface area contributed by atoms with E-state index < -0.39 is 17.1 Å². The maximum absolute atomic E-state index is 11.5. The molecule has 2 atom stereocenters. The van der Waals surface area contributed by atoms with Crippen LogP contribution in [0.15, 0.2) is 18.2 Å². The van der Waals surface area contributed by atoms with Crippen molar-refractivity contribution in [2.45, 2.75) is 18.6 Å². The summed E-state index contributed by atoms with van der Waals surface area (Å²) in [5.41, 5.74) is -0.120. The zero-order valence-corrected chi connectivity index (χ0v) is 12.0. The molecule has 0 heterocycles. The maximum Gasteiger partial charge on any atom is 0.271 e. The number of methoxy groups -OCH3 is 1. The summed E-state index contributed by atoms with van der Waals surface area (Å²) in [6, 6.07) is 3.91. The monoisotopic (exact) mass is 315 g/mol. The number of ketones is 1. The van der Waals surface area contributed by atoms with Crippen LogP contribution in [0.4, 0.5) is 5.69 Å². The van der Waals surface area contributed by atoms with Crippen LogP contribution in [-0.2, 0) is 14.3 Å². The van der Waals surface area contributed by atoms with Crippen molar-refractivity contribution in [1.29, 1.82) is 0 Å². The van der Waals surface area contributed by atoms with Gasteiger partial charge in [0.1, 0.15) is 11.9 Å². The number of non-ortho nitro benzene ring substituents is 1. The van der Waals surface area contributed by atoms with E-state index in [1.54, 1.807) is 0 Å². The number of ether oxygens (including phenoxy) is 3. The average molecular weight is 316 g/mol. The van der Waals surface area contributed by atoms with Crippen molar-refractivity contribution in [3.8, 4) is 5.75 Å². The van der Waals surface area contributed by atoms with Crippen molar-refractivity contribution >= 4 is 23.1 Å². The second kappa shape index (κ2) is 6.84. The Bertz CT molecular complexity index is 549. The number of carbonyl (C=O) groups is 1. The first-order chi connectivity index (χ1) is 10.0. The second-order valence-corrected chi connectivity index (χ2v) is 4.89. The predicted molar refractivity (Wildman–Crippen MR) is 73.8 cm³/mol. The normalized spacial score (nSPS) is 21.0. The maximum atomic E-state index is 11.5. The summed E-state index contributed by atoms with van der Waals surface area (Å²) >= 11 is 5.93. The van der Waals surface area contributed by atoms with E-state index in [2.05, 4.69) is 0 Å². The van der Waals surface area contributed by atoms with E-state index in [0.29, 0.717) is 19.0 Å². The number of rotatable bonds is 7. The van der Waals surface area contributed by atoms with Gasteiger partial charge in [0.25, 0.3) is 5.69 Å². The lowest BCUT2D eigenvalue weighted by Crippen LogP contribution is -2.52. The molecule has 0 radical (unpaired) electrons. The van der Waals surface area contributed by atoms with Crippen LogP contribution in [0.5, 0.6) is 5.75 Å². The van der Waals surface area contributed by atoms with Crippen LogP contribution in [0.1, 0.15) is 6.42 Å². The van der Waals surface area contributed by atoms with Crippen molar-refractivity contribution in [3.05, 3.63) is 33.3 Å². The number of nitro groups is 1. The highest BCUT2D eigenvalue weighted by atomic mass is 35.5. The molecule has 114 valence electrons. The number of hydrogen-bond donors (Lipinski definition) is 0. The fraction of sp³-hybridized carbons (Fsp3) is 0.462. The summed E-state index contributed by atoms with van der Waals surface area (Å²) in [6.07, 6.45) is -0.856. The fourth-order valence-electron chi connectivity index (χ4n) is 1.89. The predicted octanol–water partition coefficient (Wildman–Crippen LogP) is 2.00. The smallest absolute Gasteiger partial charge is 0.271 e. The Morgan fingerprint density at radius 1 is 1.43 bits per heavy atom. The van der Waals surface area contributed by atoms with E-state index in [4.69, 9.17) is 25.8 Å². The molecule has 0 bridgehead atoms. The highest BCUT2D eigenvalue weighted by molar-refractivity contribution is 6.32. The third-order valence-corrected chi connectivity index (χ3v) is 3.34. The lowest BCUT2D eigenvalue weighted by molar-refractivity contribution is -0.384. The number of carbonyl (C=O) groups excluding carboxylic acids is 1. The number of halogens is 1. The van der Waals surface area contributed by atoms with Crippen LogP contribution in [-0.4, -0.2) is 43.2 Å². The first-order valence-corrected chi connectivity index (χ1v) is 6.64. The Morgan fingerprint density at radius 2 is 2.19 bits per heavy atom. The Balaban J connectivity index is 1.98. The van der Waals surface area contributed by atoms with Gasteiger partial charge in [-0.15, -0.1) is 0 Å². The molecule has 1 fully saturated rings. The van der Waals surface area contributed by atoms with Gasteiger partial charge in [0.15, 0.2) is 11.9 Å². The van der Waals surface area contributed by atoms with E-state index >= 15 is 0 Å².